The summed E-state index contributed by atoms with van der Waals surface area (Å²) in [5, 5.41) is 0. The molecule has 0 unspecified atom stereocenters. The van der Waals surface area contributed by atoms with E-state index in [0.717, 1.165) is 6.04 Å². The first-order chi connectivity index (χ1) is 25.6. The normalized spacial score (nSPS) is 11.9. The van der Waals surface area contributed by atoms with Crippen molar-refractivity contribution in [3.05, 3.63) is 0 Å². The van der Waals surface area contributed by atoms with Gasteiger partial charge in [-0.05, 0) is 38.5 Å². The van der Waals surface area contributed by atoms with Crippen molar-refractivity contribution in [2.45, 2.75) is 309 Å². The molecule has 0 aromatic heterocycles. The van der Waals surface area contributed by atoms with Crippen LogP contribution in [0, 0.1) is 0 Å². The minimum Gasteiger partial charge on any atom is -1.00 e. The molecule has 0 aromatic rings. The van der Waals surface area contributed by atoms with E-state index >= 15 is 0 Å². The molecule has 0 saturated carbocycles. The zero-order valence-electron chi connectivity index (χ0n) is 38.2. The van der Waals surface area contributed by atoms with E-state index in [1.165, 1.54) is 294 Å². The molecule has 0 amide bonds. The van der Waals surface area contributed by atoms with Gasteiger partial charge < -0.3 is 9.19 Å². The van der Waals surface area contributed by atoms with Crippen molar-refractivity contribution in [2.75, 3.05) is 20.6 Å². The van der Waals surface area contributed by atoms with Crippen LogP contribution in [0.4, 0.5) is 0 Å². The third kappa shape index (κ3) is 42.9. The van der Waals surface area contributed by atoms with E-state index in [1.54, 1.807) is 0 Å². The fourth-order valence-electron chi connectivity index (χ4n) is 8.89. The molecule has 0 aromatic carbocycles. The molecule has 0 aliphatic carbocycles. The van der Waals surface area contributed by atoms with Crippen molar-refractivity contribution < 1.29 is 9.19 Å². The number of quaternary nitrogens is 1. The van der Waals surface area contributed by atoms with Crippen LogP contribution >= 0.6 is 0 Å². The zero-order valence-corrected chi connectivity index (χ0v) is 38.2. The lowest BCUT2D eigenvalue weighted by molar-refractivity contribution is -0.916. The number of rotatable bonds is 46. The van der Waals surface area contributed by atoms with Crippen molar-refractivity contribution in [1.82, 2.24) is 0 Å². The molecule has 2 heteroatoms. The van der Waals surface area contributed by atoms with Crippen LogP contribution in [0.25, 0.3) is 0 Å². The van der Waals surface area contributed by atoms with Crippen LogP contribution in [-0.2, 0) is 0 Å². The molecule has 0 aliphatic rings. The van der Waals surface area contributed by atoms with Gasteiger partial charge in [0.15, 0.2) is 0 Å². The molecule has 322 valence electrons. The molecule has 0 atom stereocenters. The van der Waals surface area contributed by atoms with Gasteiger partial charge in [0.2, 0.25) is 0 Å². The fraction of sp³-hybridized carbons (Fsp3) is 1.00. The largest absolute Gasteiger partial charge is 1.00 e. The first-order valence-electron chi connectivity index (χ1n) is 25.4. The second-order valence-electron chi connectivity index (χ2n) is 18.5. The third-order valence-corrected chi connectivity index (χ3v) is 12.9. The Morgan fingerprint density at radius 2 is 0.415 bits per heavy atom. The summed E-state index contributed by atoms with van der Waals surface area (Å²) in [5.41, 5.74) is 0. The molecule has 1 nitrogen and oxygen atoms in total. The van der Waals surface area contributed by atoms with E-state index in [4.69, 9.17) is 0 Å². The topological polar surface area (TPSA) is 0 Å². The molecular weight excluding hydrogens is 646 g/mol. The van der Waals surface area contributed by atoms with Gasteiger partial charge in [-0.3, -0.25) is 0 Å². The van der Waals surface area contributed by atoms with Crippen LogP contribution in [0.15, 0.2) is 0 Å². The summed E-state index contributed by atoms with van der Waals surface area (Å²) in [5.74, 6) is 0. The lowest BCUT2D eigenvalue weighted by Crippen LogP contribution is -3.00. The maximum Gasteiger partial charge on any atom is 0.0886 e. The van der Waals surface area contributed by atoms with Crippen LogP contribution in [0.2, 0.25) is 0 Å². The van der Waals surface area contributed by atoms with Crippen LogP contribution in [-0.4, -0.2) is 31.2 Å². The van der Waals surface area contributed by atoms with E-state index in [2.05, 4.69) is 34.9 Å². The van der Waals surface area contributed by atoms with Gasteiger partial charge in [-0.15, -0.1) is 0 Å². The van der Waals surface area contributed by atoms with E-state index in [9.17, 15) is 0 Å². The first kappa shape index (κ1) is 55.0. The third-order valence-electron chi connectivity index (χ3n) is 12.9. The molecule has 0 saturated heterocycles. The van der Waals surface area contributed by atoms with Gasteiger partial charge in [0, 0.05) is 0 Å². The van der Waals surface area contributed by atoms with Crippen LogP contribution in [0.3, 0.4) is 0 Å². The van der Waals surface area contributed by atoms with Crippen molar-refractivity contribution in [3.8, 4) is 0 Å². The van der Waals surface area contributed by atoms with E-state index < -0.39 is 0 Å². The van der Waals surface area contributed by atoms with Gasteiger partial charge in [-0.1, -0.05) is 265 Å². The second kappa shape index (κ2) is 46.3. The molecule has 0 fully saturated rings. The fourth-order valence-corrected chi connectivity index (χ4v) is 8.89. The van der Waals surface area contributed by atoms with E-state index in [-0.39, 0.29) is 4.70 Å². The summed E-state index contributed by atoms with van der Waals surface area (Å²) in [6, 6.07) is 0.886. The summed E-state index contributed by atoms with van der Waals surface area (Å²) >= 11 is 0. The summed E-state index contributed by atoms with van der Waals surface area (Å²) in [7, 11) is 5.20. The average molecular weight is 752 g/mol. The summed E-state index contributed by atoms with van der Waals surface area (Å²) in [4.78, 5) is 0. The number of hydrogen-bond acceptors (Lipinski definition) is 0. The summed E-state index contributed by atoms with van der Waals surface area (Å²) in [6.45, 7) is 8.37. The maximum absolute atomic E-state index is 2.60. The van der Waals surface area contributed by atoms with Crippen molar-refractivity contribution in [3.63, 3.8) is 0 Å². The summed E-state index contributed by atoms with van der Waals surface area (Å²) < 4.78 is 1.29. The quantitative estimate of drug-likeness (QED) is 0.0429. The molecule has 0 radical (unpaired) electrons. The molecule has 0 aliphatic heterocycles. The lowest BCUT2D eigenvalue weighted by Gasteiger charge is -2.39. The highest BCUT2D eigenvalue weighted by molar-refractivity contribution is 4.63. The minimum absolute atomic E-state index is 0. The van der Waals surface area contributed by atoms with Gasteiger partial charge in [0.05, 0.1) is 26.7 Å². The van der Waals surface area contributed by atoms with Crippen LogP contribution in [0.5, 0.6) is 0 Å². The van der Waals surface area contributed by atoms with Crippen LogP contribution in [0.1, 0.15) is 303 Å². The average Bonchev–Trinajstić information content (AvgIpc) is 3.14. The Bertz CT molecular complexity index is 600. The SMILES string of the molecule is CCCCCCCCCCCCCCCCC(CCCCCCCCCCCCCCCC)[N+](C)(C)CCCCCCCCCCCCCCCC.[F-]. The predicted octanol–water partition coefficient (Wildman–Crippen LogP) is 15.7. The Hall–Kier alpha value is -0.110. The van der Waals surface area contributed by atoms with Gasteiger partial charge in [0.25, 0.3) is 0 Å². The lowest BCUT2D eigenvalue weighted by atomic mass is 9.96. The Kier molecular flexibility index (Phi) is 48.0. The second-order valence-corrected chi connectivity index (χ2v) is 18.5. The smallest absolute Gasteiger partial charge is 0.0886 e. The molecular formula is C51H106FN. The van der Waals surface area contributed by atoms with Gasteiger partial charge in [-0.25, -0.2) is 0 Å². The first-order valence-corrected chi connectivity index (χ1v) is 25.4. The molecule has 0 spiro atoms. The minimum atomic E-state index is 0. The molecule has 0 bridgehead atoms. The Morgan fingerprint density at radius 1 is 0.245 bits per heavy atom. The molecule has 0 N–H and O–H groups in total. The standard InChI is InChI=1S/C51H106N.FH/c1-6-9-12-15-18-21-24-27-30-33-36-39-42-45-48-51(49-46-43-40-37-34-31-28-25-22-19-16-13-10-7-2)52(4,5)50-47-44-41-38-35-32-29-26-23-20-17-14-11-8-3;/h51H,6-50H2,1-5H3;1H/q+1;/p-1. The Morgan fingerprint density at radius 3 is 0.623 bits per heavy atom. The number of halogens is 1. The van der Waals surface area contributed by atoms with E-state index in [1.807, 2.05) is 0 Å². The number of unbranched alkanes of at least 4 members (excludes halogenated alkanes) is 39. The molecule has 0 rings (SSSR count). The van der Waals surface area contributed by atoms with Gasteiger partial charge in [-0.2, -0.15) is 0 Å². The zero-order chi connectivity index (χ0) is 37.9. The molecule has 53 heavy (non-hydrogen) atoms. The number of nitrogens with zero attached hydrogens (tertiary/aromatic N) is 1. The highest BCUT2D eigenvalue weighted by atomic mass is 19.0. The van der Waals surface area contributed by atoms with Crippen LogP contribution < -0.4 is 4.70 Å². The Labute approximate surface area is 338 Å². The van der Waals surface area contributed by atoms with E-state index in [0.29, 0.717) is 0 Å². The predicted molar refractivity (Wildman–Crippen MR) is 241 cm³/mol. The van der Waals surface area contributed by atoms with Crippen molar-refractivity contribution in [1.29, 1.82) is 0 Å². The highest BCUT2D eigenvalue weighted by Crippen LogP contribution is 2.24. The van der Waals surface area contributed by atoms with Crippen molar-refractivity contribution >= 4 is 0 Å². The Balaban J connectivity index is 0. The van der Waals surface area contributed by atoms with Crippen molar-refractivity contribution in [2.24, 2.45) is 0 Å². The highest BCUT2D eigenvalue weighted by Gasteiger charge is 2.26. The van der Waals surface area contributed by atoms with Gasteiger partial charge in [0.1, 0.15) is 0 Å². The maximum atomic E-state index is 2.60. The monoisotopic (exact) mass is 752 g/mol. The van der Waals surface area contributed by atoms with Gasteiger partial charge >= 0.3 is 0 Å². The molecule has 0 heterocycles. The summed E-state index contributed by atoms with van der Waals surface area (Å²) in [6.07, 6.45) is 64.6. The number of hydrogen-bond donors (Lipinski definition) is 0.